The number of amides is 1. The van der Waals surface area contributed by atoms with Crippen molar-refractivity contribution in [1.29, 1.82) is 0 Å². The Kier molecular flexibility index (Phi) is 3.72. The number of aromatic nitrogens is 3. The predicted octanol–water partition coefficient (Wildman–Crippen LogP) is 3.08. The first-order valence-electron chi connectivity index (χ1n) is 7.74. The summed E-state index contributed by atoms with van der Waals surface area (Å²) in [4.78, 5) is 14.4. The van der Waals surface area contributed by atoms with Gasteiger partial charge in [0.05, 0.1) is 12.2 Å². The Morgan fingerprint density at radius 2 is 2.00 bits per heavy atom. The zero-order valence-corrected chi connectivity index (χ0v) is 13.3. The minimum absolute atomic E-state index is 0.0452. The maximum absolute atomic E-state index is 12.5. The molecule has 3 rings (SSSR count). The van der Waals surface area contributed by atoms with Crippen molar-refractivity contribution < 1.29 is 4.79 Å². The molecule has 22 heavy (non-hydrogen) atoms. The number of carbonyl (C=O) groups is 1. The molecule has 1 amide bonds. The van der Waals surface area contributed by atoms with E-state index in [1.165, 1.54) is 17.3 Å². The lowest BCUT2D eigenvalue weighted by Crippen LogP contribution is -2.30. The van der Waals surface area contributed by atoms with Crippen molar-refractivity contribution in [3.63, 3.8) is 0 Å². The van der Waals surface area contributed by atoms with Gasteiger partial charge >= 0.3 is 0 Å². The first-order valence-corrected chi connectivity index (χ1v) is 7.74. The van der Waals surface area contributed by atoms with Gasteiger partial charge in [0, 0.05) is 6.54 Å². The van der Waals surface area contributed by atoms with E-state index in [0.717, 1.165) is 19.4 Å². The molecule has 116 valence electrons. The van der Waals surface area contributed by atoms with Gasteiger partial charge in [-0.05, 0) is 29.4 Å². The van der Waals surface area contributed by atoms with Gasteiger partial charge in [0.1, 0.15) is 0 Å². The summed E-state index contributed by atoms with van der Waals surface area (Å²) in [5, 5.41) is 10.1. The summed E-state index contributed by atoms with van der Waals surface area (Å²) in [6, 6.07) is 8.79. The number of H-pyrrole nitrogens is 1. The monoisotopic (exact) mass is 298 g/mol. The van der Waals surface area contributed by atoms with E-state index < -0.39 is 0 Å². The van der Waals surface area contributed by atoms with Crippen LogP contribution in [0.2, 0.25) is 0 Å². The highest BCUT2D eigenvalue weighted by molar-refractivity contribution is 5.92. The molecule has 1 fully saturated rings. The normalized spacial score (nSPS) is 18.7. The van der Waals surface area contributed by atoms with E-state index in [4.69, 9.17) is 0 Å². The Hall–Kier alpha value is -2.17. The number of hydrogen-bond donors (Lipinski definition) is 1. The lowest BCUT2D eigenvalue weighted by atomic mass is 9.86. The SMILES string of the molecule is CC(C)(C)c1ccc(C2CCCN2C(=O)c2cn[nH]n2)cc1. The number of carbonyl (C=O) groups excluding carboxylic acids is 1. The molecular formula is C17H22N4O. The molecule has 1 aromatic carbocycles. The number of hydrogen-bond acceptors (Lipinski definition) is 3. The van der Waals surface area contributed by atoms with Crippen LogP contribution in [-0.2, 0) is 5.41 Å². The summed E-state index contributed by atoms with van der Waals surface area (Å²) in [5.74, 6) is -0.0452. The average molecular weight is 298 g/mol. The molecule has 5 nitrogen and oxygen atoms in total. The van der Waals surface area contributed by atoms with Gasteiger partial charge in [-0.1, -0.05) is 45.0 Å². The number of benzene rings is 1. The second-order valence-electron chi connectivity index (χ2n) is 6.88. The highest BCUT2D eigenvalue weighted by atomic mass is 16.2. The molecule has 1 atom stereocenters. The molecule has 2 aromatic rings. The summed E-state index contributed by atoms with van der Waals surface area (Å²) in [6.45, 7) is 7.39. The molecule has 1 aromatic heterocycles. The van der Waals surface area contributed by atoms with Crippen LogP contribution in [0.1, 0.15) is 61.3 Å². The lowest BCUT2D eigenvalue weighted by Gasteiger charge is -2.25. The number of nitrogens with one attached hydrogen (secondary N) is 1. The van der Waals surface area contributed by atoms with Crippen molar-refractivity contribution in [2.75, 3.05) is 6.54 Å². The predicted molar refractivity (Wildman–Crippen MR) is 84.5 cm³/mol. The fourth-order valence-electron chi connectivity index (χ4n) is 3.01. The van der Waals surface area contributed by atoms with Crippen molar-refractivity contribution in [2.24, 2.45) is 0 Å². The van der Waals surface area contributed by atoms with Crippen LogP contribution in [0.5, 0.6) is 0 Å². The van der Waals surface area contributed by atoms with Crippen LogP contribution in [-0.4, -0.2) is 32.8 Å². The first-order chi connectivity index (χ1) is 10.5. The zero-order chi connectivity index (χ0) is 15.7. The maximum Gasteiger partial charge on any atom is 0.276 e. The number of rotatable bonds is 2. The largest absolute Gasteiger partial charge is 0.330 e. The van der Waals surface area contributed by atoms with Crippen molar-refractivity contribution in [1.82, 2.24) is 20.3 Å². The van der Waals surface area contributed by atoms with Gasteiger partial charge < -0.3 is 4.90 Å². The lowest BCUT2D eigenvalue weighted by molar-refractivity contribution is 0.0729. The molecular weight excluding hydrogens is 276 g/mol. The molecule has 0 radical (unpaired) electrons. The van der Waals surface area contributed by atoms with Gasteiger partial charge in [0.2, 0.25) is 0 Å². The Morgan fingerprint density at radius 1 is 1.27 bits per heavy atom. The number of likely N-dealkylation sites (tertiary alicyclic amines) is 1. The molecule has 1 aliphatic heterocycles. The molecule has 1 aliphatic rings. The quantitative estimate of drug-likeness (QED) is 0.926. The van der Waals surface area contributed by atoms with E-state index in [1.54, 1.807) is 0 Å². The van der Waals surface area contributed by atoms with Gasteiger partial charge in [-0.2, -0.15) is 15.4 Å². The molecule has 5 heteroatoms. The molecule has 1 saturated heterocycles. The second-order valence-corrected chi connectivity index (χ2v) is 6.88. The molecule has 0 aliphatic carbocycles. The standard InChI is InChI=1S/C17H22N4O/c1-17(2,3)13-8-6-12(7-9-13)15-5-4-10-21(15)16(22)14-11-18-20-19-14/h6-9,11,15H,4-5,10H2,1-3H3,(H,18,19,20). The van der Waals surface area contributed by atoms with E-state index in [9.17, 15) is 4.79 Å². The maximum atomic E-state index is 12.5. The Bertz CT molecular complexity index is 640. The third-order valence-corrected chi connectivity index (χ3v) is 4.31. The molecule has 1 unspecified atom stereocenters. The van der Waals surface area contributed by atoms with Crippen LogP contribution in [0, 0.1) is 0 Å². The second kappa shape index (κ2) is 5.55. The van der Waals surface area contributed by atoms with Gasteiger partial charge in [-0.15, -0.1) is 0 Å². The summed E-state index contributed by atoms with van der Waals surface area (Å²) < 4.78 is 0. The van der Waals surface area contributed by atoms with Crippen molar-refractivity contribution in [2.45, 2.75) is 45.1 Å². The van der Waals surface area contributed by atoms with Gasteiger partial charge in [-0.25, -0.2) is 0 Å². The summed E-state index contributed by atoms with van der Waals surface area (Å²) >= 11 is 0. The fourth-order valence-corrected chi connectivity index (χ4v) is 3.01. The van der Waals surface area contributed by atoms with Crippen LogP contribution >= 0.6 is 0 Å². The van der Waals surface area contributed by atoms with Gasteiger partial charge in [0.15, 0.2) is 5.69 Å². The summed E-state index contributed by atoms with van der Waals surface area (Å²) in [7, 11) is 0. The van der Waals surface area contributed by atoms with Crippen LogP contribution in [0.15, 0.2) is 30.5 Å². The highest BCUT2D eigenvalue weighted by Gasteiger charge is 2.31. The number of aromatic amines is 1. The van der Waals surface area contributed by atoms with Crippen molar-refractivity contribution in [3.8, 4) is 0 Å². The molecule has 0 saturated carbocycles. The summed E-state index contributed by atoms with van der Waals surface area (Å²) in [5.41, 5.74) is 3.04. The van der Waals surface area contributed by atoms with E-state index in [2.05, 4.69) is 60.4 Å². The fraction of sp³-hybridized carbons (Fsp3) is 0.471. The van der Waals surface area contributed by atoms with Crippen molar-refractivity contribution in [3.05, 3.63) is 47.3 Å². The molecule has 1 N–H and O–H groups in total. The number of nitrogens with zero attached hydrogens (tertiary/aromatic N) is 3. The summed E-state index contributed by atoms with van der Waals surface area (Å²) in [6.07, 6.45) is 3.51. The van der Waals surface area contributed by atoms with Crippen LogP contribution in [0.3, 0.4) is 0 Å². The first kappa shape index (κ1) is 14.8. The van der Waals surface area contributed by atoms with Crippen molar-refractivity contribution >= 4 is 5.91 Å². The zero-order valence-electron chi connectivity index (χ0n) is 13.3. The smallest absolute Gasteiger partial charge is 0.276 e. The topological polar surface area (TPSA) is 61.9 Å². The third-order valence-electron chi connectivity index (χ3n) is 4.31. The highest BCUT2D eigenvalue weighted by Crippen LogP contribution is 2.34. The molecule has 0 spiro atoms. The minimum atomic E-state index is -0.0452. The Labute approximate surface area is 130 Å². The van der Waals surface area contributed by atoms with Gasteiger partial charge in [0.25, 0.3) is 5.91 Å². The molecule has 2 heterocycles. The minimum Gasteiger partial charge on any atom is -0.330 e. The van der Waals surface area contributed by atoms with E-state index in [1.807, 2.05) is 4.90 Å². The third kappa shape index (κ3) is 2.75. The van der Waals surface area contributed by atoms with Crippen LogP contribution in [0.4, 0.5) is 0 Å². The van der Waals surface area contributed by atoms with Gasteiger partial charge in [-0.3, -0.25) is 4.79 Å². The molecule has 0 bridgehead atoms. The van der Waals surface area contributed by atoms with E-state index in [-0.39, 0.29) is 17.4 Å². The Balaban J connectivity index is 1.83. The van der Waals surface area contributed by atoms with E-state index in [0.29, 0.717) is 5.69 Å². The average Bonchev–Trinajstić information content (AvgIpc) is 3.17. The Morgan fingerprint density at radius 3 is 2.59 bits per heavy atom. The van der Waals surface area contributed by atoms with Crippen LogP contribution in [0.25, 0.3) is 0 Å². The van der Waals surface area contributed by atoms with E-state index >= 15 is 0 Å². The van der Waals surface area contributed by atoms with Crippen LogP contribution < -0.4 is 0 Å².